The normalized spacial score (nSPS) is 14.3. The molecule has 0 atom stereocenters. The van der Waals surface area contributed by atoms with Gasteiger partial charge in [0.1, 0.15) is 6.54 Å². The Balaban J connectivity index is 1.58. The summed E-state index contributed by atoms with van der Waals surface area (Å²) < 4.78 is 1.15. The highest BCUT2D eigenvalue weighted by atomic mass is 35.5. The Bertz CT molecular complexity index is 927. The molecule has 8 nitrogen and oxygen atoms in total. The number of carbonyl (C=O) groups excluding carboxylic acids is 2. The van der Waals surface area contributed by atoms with E-state index in [1.807, 2.05) is 0 Å². The van der Waals surface area contributed by atoms with Crippen molar-refractivity contribution in [1.29, 1.82) is 0 Å². The standard InChI is InChI=1S/C17H17ClN4O4/c18-13-3-1-12(2-4-13)16(25)21-9-7-20(8-10-21)15(24)11-22-6-5-14(23)19-17(22)26/h1-6H,7-11H2,(H,19,23,26). The van der Waals surface area contributed by atoms with E-state index in [-0.39, 0.29) is 18.4 Å². The Hall–Kier alpha value is -2.87. The minimum atomic E-state index is -0.623. The molecular weight excluding hydrogens is 360 g/mol. The zero-order valence-corrected chi connectivity index (χ0v) is 14.6. The average Bonchev–Trinajstić information content (AvgIpc) is 2.64. The molecule has 1 aliphatic heterocycles. The summed E-state index contributed by atoms with van der Waals surface area (Å²) in [5.41, 5.74) is -0.579. The van der Waals surface area contributed by atoms with E-state index in [2.05, 4.69) is 4.98 Å². The summed E-state index contributed by atoms with van der Waals surface area (Å²) in [5.74, 6) is -0.344. The number of rotatable bonds is 3. The molecule has 3 rings (SSSR count). The van der Waals surface area contributed by atoms with Gasteiger partial charge in [-0.1, -0.05) is 11.6 Å². The highest BCUT2D eigenvalue weighted by Crippen LogP contribution is 2.13. The zero-order chi connectivity index (χ0) is 18.7. The SMILES string of the molecule is O=C(Cn1ccc(=O)[nH]c1=O)N1CCN(C(=O)c2ccc(Cl)cc2)CC1. The molecule has 1 N–H and O–H groups in total. The van der Waals surface area contributed by atoms with Gasteiger partial charge in [-0.25, -0.2) is 4.79 Å². The summed E-state index contributed by atoms with van der Waals surface area (Å²) in [5, 5.41) is 0.564. The minimum absolute atomic E-state index is 0.106. The quantitative estimate of drug-likeness (QED) is 0.826. The van der Waals surface area contributed by atoms with Gasteiger partial charge >= 0.3 is 5.69 Å². The van der Waals surface area contributed by atoms with Gasteiger partial charge < -0.3 is 9.80 Å². The molecule has 1 aromatic carbocycles. The van der Waals surface area contributed by atoms with Gasteiger partial charge in [-0.15, -0.1) is 0 Å². The summed E-state index contributed by atoms with van der Waals surface area (Å²) in [4.78, 5) is 52.9. The Morgan fingerprint density at radius 3 is 2.19 bits per heavy atom. The Labute approximate surface area is 153 Å². The van der Waals surface area contributed by atoms with E-state index >= 15 is 0 Å². The molecule has 1 fully saturated rings. The van der Waals surface area contributed by atoms with Crippen molar-refractivity contribution in [3.8, 4) is 0 Å². The number of piperazine rings is 1. The molecule has 9 heteroatoms. The maximum atomic E-state index is 12.5. The van der Waals surface area contributed by atoms with Crippen molar-refractivity contribution < 1.29 is 9.59 Å². The van der Waals surface area contributed by atoms with Gasteiger partial charge in [0.15, 0.2) is 0 Å². The number of hydrogen-bond donors (Lipinski definition) is 1. The third-order valence-corrected chi connectivity index (χ3v) is 4.47. The number of nitrogens with zero attached hydrogens (tertiary/aromatic N) is 3. The third kappa shape index (κ3) is 4.02. The van der Waals surface area contributed by atoms with Gasteiger partial charge in [0, 0.05) is 49.0 Å². The van der Waals surface area contributed by atoms with Gasteiger partial charge in [-0.05, 0) is 24.3 Å². The molecule has 2 aromatic rings. The fourth-order valence-corrected chi connectivity index (χ4v) is 2.87. The zero-order valence-electron chi connectivity index (χ0n) is 13.9. The first-order valence-electron chi connectivity index (χ1n) is 8.06. The first kappa shape index (κ1) is 17.9. The number of carbonyl (C=O) groups is 2. The molecular formula is C17H17ClN4O4. The van der Waals surface area contributed by atoms with Crippen molar-refractivity contribution in [3.63, 3.8) is 0 Å². The van der Waals surface area contributed by atoms with Crippen LogP contribution < -0.4 is 11.2 Å². The number of amides is 2. The molecule has 1 aliphatic rings. The van der Waals surface area contributed by atoms with E-state index in [0.717, 1.165) is 4.57 Å². The first-order valence-corrected chi connectivity index (χ1v) is 8.44. The molecule has 2 heterocycles. The predicted molar refractivity (Wildman–Crippen MR) is 95.3 cm³/mol. The molecule has 0 saturated carbocycles. The molecule has 0 bridgehead atoms. The van der Waals surface area contributed by atoms with E-state index in [0.29, 0.717) is 36.8 Å². The Morgan fingerprint density at radius 2 is 1.58 bits per heavy atom. The Kier molecular flexibility index (Phi) is 5.22. The maximum Gasteiger partial charge on any atom is 0.328 e. The highest BCUT2D eigenvalue weighted by Gasteiger charge is 2.25. The molecule has 136 valence electrons. The van der Waals surface area contributed by atoms with Gasteiger partial charge in [0.2, 0.25) is 5.91 Å². The van der Waals surface area contributed by atoms with Crippen LogP contribution in [-0.4, -0.2) is 57.3 Å². The lowest BCUT2D eigenvalue weighted by atomic mass is 10.2. The van der Waals surface area contributed by atoms with Crippen molar-refractivity contribution in [1.82, 2.24) is 19.4 Å². The molecule has 0 aliphatic carbocycles. The number of aromatic nitrogens is 2. The smallest absolute Gasteiger partial charge is 0.328 e. The van der Waals surface area contributed by atoms with Crippen molar-refractivity contribution in [2.45, 2.75) is 6.54 Å². The van der Waals surface area contributed by atoms with Crippen LogP contribution in [0.4, 0.5) is 0 Å². The first-order chi connectivity index (χ1) is 12.4. The summed E-state index contributed by atoms with van der Waals surface area (Å²) in [6, 6.07) is 7.86. The number of H-pyrrole nitrogens is 1. The largest absolute Gasteiger partial charge is 0.338 e. The van der Waals surface area contributed by atoms with Crippen molar-refractivity contribution in [3.05, 3.63) is 68.0 Å². The molecule has 0 radical (unpaired) electrons. The fraction of sp³-hybridized carbons (Fsp3) is 0.294. The molecule has 0 unspecified atom stereocenters. The van der Waals surface area contributed by atoms with E-state index < -0.39 is 11.2 Å². The second-order valence-electron chi connectivity index (χ2n) is 5.92. The third-order valence-electron chi connectivity index (χ3n) is 4.21. The van der Waals surface area contributed by atoms with E-state index in [4.69, 9.17) is 11.6 Å². The van der Waals surface area contributed by atoms with Crippen LogP contribution in [0.2, 0.25) is 5.02 Å². The van der Waals surface area contributed by atoms with Crippen LogP contribution in [0.5, 0.6) is 0 Å². The van der Waals surface area contributed by atoms with Gasteiger partial charge in [0.25, 0.3) is 11.5 Å². The lowest BCUT2D eigenvalue weighted by Crippen LogP contribution is -2.51. The molecule has 0 spiro atoms. The molecule has 1 aromatic heterocycles. The summed E-state index contributed by atoms with van der Waals surface area (Å²) in [7, 11) is 0. The van der Waals surface area contributed by atoms with Crippen LogP contribution >= 0.6 is 11.6 Å². The molecule has 1 saturated heterocycles. The second-order valence-corrected chi connectivity index (χ2v) is 6.35. The fourth-order valence-electron chi connectivity index (χ4n) is 2.75. The summed E-state index contributed by atoms with van der Waals surface area (Å²) in [6.07, 6.45) is 1.29. The number of aromatic amines is 1. The predicted octanol–water partition coefficient (Wildman–Crippen LogP) is 0.175. The van der Waals surface area contributed by atoms with Crippen molar-refractivity contribution >= 4 is 23.4 Å². The number of nitrogens with one attached hydrogen (secondary N) is 1. The number of halogens is 1. The van der Waals surface area contributed by atoms with Gasteiger partial charge in [-0.2, -0.15) is 0 Å². The van der Waals surface area contributed by atoms with E-state index in [9.17, 15) is 19.2 Å². The van der Waals surface area contributed by atoms with Crippen molar-refractivity contribution in [2.24, 2.45) is 0 Å². The average molecular weight is 377 g/mol. The van der Waals surface area contributed by atoms with Crippen LogP contribution in [0, 0.1) is 0 Å². The van der Waals surface area contributed by atoms with Crippen LogP contribution in [-0.2, 0) is 11.3 Å². The molecule has 2 amide bonds. The lowest BCUT2D eigenvalue weighted by Gasteiger charge is -2.35. The van der Waals surface area contributed by atoms with Gasteiger partial charge in [-0.3, -0.25) is 23.9 Å². The van der Waals surface area contributed by atoms with Crippen LogP contribution in [0.25, 0.3) is 0 Å². The van der Waals surface area contributed by atoms with Crippen LogP contribution in [0.1, 0.15) is 10.4 Å². The Morgan fingerprint density at radius 1 is 0.962 bits per heavy atom. The van der Waals surface area contributed by atoms with Gasteiger partial charge in [0.05, 0.1) is 0 Å². The number of benzene rings is 1. The maximum absolute atomic E-state index is 12.5. The molecule has 26 heavy (non-hydrogen) atoms. The van der Waals surface area contributed by atoms with Crippen molar-refractivity contribution in [2.75, 3.05) is 26.2 Å². The van der Waals surface area contributed by atoms with Crippen LogP contribution in [0.3, 0.4) is 0 Å². The highest BCUT2D eigenvalue weighted by molar-refractivity contribution is 6.30. The van der Waals surface area contributed by atoms with E-state index in [1.54, 1.807) is 34.1 Å². The number of hydrogen-bond acceptors (Lipinski definition) is 4. The topological polar surface area (TPSA) is 95.5 Å². The van der Waals surface area contributed by atoms with E-state index in [1.165, 1.54) is 12.3 Å². The summed E-state index contributed by atoms with van der Waals surface area (Å²) >= 11 is 5.83. The monoisotopic (exact) mass is 376 g/mol. The van der Waals surface area contributed by atoms with Crippen LogP contribution in [0.15, 0.2) is 46.1 Å². The lowest BCUT2D eigenvalue weighted by molar-refractivity contribution is -0.133. The minimum Gasteiger partial charge on any atom is -0.338 e. The summed E-state index contributed by atoms with van der Waals surface area (Å²) in [6.45, 7) is 1.44. The second kappa shape index (κ2) is 7.57.